The number of rotatable bonds is 7. The predicted molar refractivity (Wildman–Crippen MR) is 249 cm³/mol. The third kappa shape index (κ3) is 5.91. The largest absolute Gasteiger partial charge is 0.310 e. The van der Waals surface area contributed by atoms with Crippen LogP contribution in [-0.2, 0) is 0 Å². The van der Waals surface area contributed by atoms with E-state index in [1.807, 2.05) is 22.7 Å². The Labute approximate surface area is 340 Å². The summed E-state index contributed by atoms with van der Waals surface area (Å²) in [4.78, 5) is 2.46. The van der Waals surface area contributed by atoms with Gasteiger partial charge in [0, 0.05) is 57.3 Å². The van der Waals surface area contributed by atoms with Crippen LogP contribution in [0.2, 0.25) is 0 Å². The van der Waals surface area contributed by atoms with E-state index < -0.39 is 0 Å². The van der Waals surface area contributed by atoms with Crippen molar-refractivity contribution >= 4 is 80.1 Å². The molecule has 0 unspecified atom stereocenters. The van der Waals surface area contributed by atoms with Gasteiger partial charge in [0.1, 0.15) is 0 Å². The number of nitrogens with zero attached hydrogens (tertiary/aromatic N) is 1. The first-order chi connectivity index (χ1) is 28.3. The van der Waals surface area contributed by atoms with Crippen molar-refractivity contribution in [3.63, 3.8) is 0 Å². The first-order valence-corrected chi connectivity index (χ1v) is 21.0. The molecular weight excluding hydrogens is 727 g/mol. The van der Waals surface area contributed by atoms with Crippen LogP contribution < -0.4 is 4.90 Å². The molecule has 0 aliphatic rings. The second-order valence-electron chi connectivity index (χ2n) is 14.4. The molecule has 0 bridgehead atoms. The molecule has 57 heavy (non-hydrogen) atoms. The van der Waals surface area contributed by atoms with Gasteiger partial charge in [0.2, 0.25) is 0 Å². The predicted octanol–water partition coefficient (Wildman–Crippen LogP) is 16.6. The molecule has 0 saturated carbocycles. The number of fused-ring (bicyclic) bond motifs is 6. The van der Waals surface area contributed by atoms with E-state index in [4.69, 9.17) is 0 Å². The Hall–Kier alpha value is -6.78. The zero-order valence-corrected chi connectivity index (χ0v) is 32.6. The molecule has 0 aliphatic heterocycles. The van der Waals surface area contributed by atoms with Crippen LogP contribution in [0.15, 0.2) is 212 Å². The average Bonchev–Trinajstić information content (AvgIpc) is 3.85. The SMILES string of the molecule is c1ccc(-c2ccccc2-c2c(-c3ccccc3)cccc2N(c2ccc(-c3ccc4c(c3)sc3ccccc34)cc2)c2ccc3c(c2)sc2ccccc23)cc1. The lowest BCUT2D eigenvalue weighted by molar-refractivity contribution is 1.29. The van der Waals surface area contributed by atoms with Crippen LogP contribution in [0.4, 0.5) is 17.1 Å². The maximum atomic E-state index is 2.46. The lowest BCUT2D eigenvalue weighted by Crippen LogP contribution is -2.12. The molecule has 11 rings (SSSR count). The number of benzene rings is 9. The Morgan fingerprint density at radius 3 is 1.46 bits per heavy atom. The highest BCUT2D eigenvalue weighted by Gasteiger charge is 2.23. The lowest BCUT2D eigenvalue weighted by atomic mass is 9.87. The maximum absolute atomic E-state index is 2.46. The summed E-state index contributed by atoms with van der Waals surface area (Å²) in [6.07, 6.45) is 0. The van der Waals surface area contributed by atoms with Gasteiger partial charge >= 0.3 is 0 Å². The molecule has 0 spiro atoms. The van der Waals surface area contributed by atoms with Crippen molar-refractivity contribution in [2.75, 3.05) is 4.90 Å². The molecule has 0 amide bonds. The van der Waals surface area contributed by atoms with E-state index in [9.17, 15) is 0 Å². The van der Waals surface area contributed by atoms with Gasteiger partial charge in [-0.2, -0.15) is 0 Å². The molecular formula is C54H35NS2. The van der Waals surface area contributed by atoms with Crippen LogP contribution in [0.25, 0.3) is 84.9 Å². The third-order valence-corrected chi connectivity index (χ3v) is 13.4. The zero-order valence-electron chi connectivity index (χ0n) is 31.0. The summed E-state index contributed by atoms with van der Waals surface area (Å²) in [5, 5.41) is 5.24. The zero-order chi connectivity index (χ0) is 37.7. The van der Waals surface area contributed by atoms with Gasteiger partial charge < -0.3 is 4.90 Å². The summed E-state index contributed by atoms with van der Waals surface area (Å²) in [5.41, 5.74) is 12.9. The lowest BCUT2D eigenvalue weighted by Gasteiger charge is -2.30. The summed E-state index contributed by atoms with van der Waals surface area (Å²) in [6, 6.07) is 77.7. The number of hydrogen-bond donors (Lipinski definition) is 0. The first-order valence-electron chi connectivity index (χ1n) is 19.3. The minimum Gasteiger partial charge on any atom is -0.310 e. The molecule has 3 heteroatoms. The molecule has 1 nitrogen and oxygen atoms in total. The van der Waals surface area contributed by atoms with Crippen LogP contribution in [0.5, 0.6) is 0 Å². The molecule has 2 aromatic heterocycles. The van der Waals surface area contributed by atoms with E-state index in [1.165, 1.54) is 84.9 Å². The van der Waals surface area contributed by atoms with Gasteiger partial charge in [-0.05, 0) is 87.5 Å². The molecule has 0 aliphatic carbocycles. The quantitative estimate of drug-likeness (QED) is 0.156. The molecule has 0 radical (unpaired) electrons. The maximum Gasteiger partial charge on any atom is 0.0546 e. The number of hydrogen-bond acceptors (Lipinski definition) is 3. The summed E-state index contributed by atoms with van der Waals surface area (Å²) >= 11 is 3.73. The van der Waals surface area contributed by atoms with Gasteiger partial charge in [-0.3, -0.25) is 0 Å². The van der Waals surface area contributed by atoms with Gasteiger partial charge in [-0.25, -0.2) is 0 Å². The van der Waals surface area contributed by atoms with Crippen molar-refractivity contribution in [2.24, 2.45) is 0 Å². The second kappa shape index (κ2) is 14.1. The van der Waals surface area contributed by atoms with E-state index >= 15 is 0 Å². The van der Waals surface area contributed by atoms with Gasteiger partial charge in [-0.1, -0.05) is 164 Å². The average molecular weight is 762 g/mol. The summed E-state index contributed by atoms with van der Waals surface area (Å²) in [5.74, 6) is 0. The number of anilines is 3. The minimum atomic E-state index is 1.10. The fraction of sp³-hybridized carbons (Fsp3) is 0. The topological polar surface area (TPSA) is 3.24 Å². The van der Waals surface area contributed by atoms with Crippen molar-refractivity contribution < 1.29 is 0 Å². The molecule has 0 N–H and O–H groups in total. The Morgan fingerprint density at radius 2 is 0.772 bits per heavy atom. The molecule has 2 heterocycles. The molecule has 9 aromatic carbocycles. The van der Waals surface area contributed by atoms with Gasteiger partial charge in [0.15, 0.2) is 0 Å². The Kier molecular flexibility index (Phi) is 8.28. The van der Waals surface area contributed by atoms with Gasteiger partial charge in [0.25, 0.3) is 0 Å². The Bertz CT molecular complexity index is 3230. The van der Waals surface area contributed by atoms with E-state index in [0.29, 0.717) is 0 Å². The van der Waals surface area contributed by atoms with E-state index in [0.717, 1.165) is 17.1 Å². The van der Waals surface area contributed by atoms with Crippen LogP contribution in [0.1, 0.15) is 0 Å². The number of thiophene rings is 2. The van der Waals surface area contributed by atoms with E-state index in [2.05, 4.69) is 217 Å². The molecule has 268 valence electrons. The van der Waals surface area contributed by atoms with Gasteiger partial charge in [-0.15, -0.1) is 22.7 Å². The Balaban J connectivity index is 1.13. The van der Waals surface area contributed by atoms with Crippen molar-refractivity contribution in [3.05, 3.63) is 212 Å². The molecule has 0 atom stereocenters. The normalized spacial score (nSPS) is 11.5. The van der Waals surface area contributed by atoms with Crippen LogP contribution >= 0.6 is 22.7 Å². The molecule has 0 fully saturated rings. The Morgan fingerprint density at radius 1 is 0.281 bits per heavy atom. The van der Waals surface area contributed by atoms with E-state index in [-0.39, 0.29) is 0 Å². The summed E-state index contributed by atoms with van der Waals surface area (Å²) in [6.45, 7) is 0. The minimum absolute atomic E-state index is 1.10. The van der Waals surface area contributed by atoms with E-state index in [1.54, 1.807) is 0 Å². The second-order valence-corrected chi connectivity index (χ2v) is 16.6. The van der Waals surface area contributed by atoms with Crippen LogP contribution in [0, 0.1) is 0 Å². The first kappa shape index (κ1) is 33.5. The highest BCUT2D eigenvalue weighted by atomic mass is 32.1. The summed E-state index contributed by atoms with van der Waals surface area (Å²) < 4.78 is 5.22. The smallest absolute Gasteiger partial charge is 0.0546 e. The highest BCUT2D eigenvalue weighted by molar-refractivity contribution is 7.26. The fourth-order valence-corrected chi connectivity index (χ4v) is 10.7. The summed E-state index contributed by atoms with van der Waals surface area (Å²) in [7, 11) is 0. The van der Waals surface area contributed by atoms with Crippen molar-refractivity contribution in [1.82, 2.24) is 0 Å². The van der Waals surface area contributed by atoms with Gasteiger partial charge in [0.05, 0.1) is 5.69 Å². The van der Waals surface area contributed by atoms with Crippen LogP contribution in [-0.4, -0.2) is 0 Å². The highest BCUT2D eigenvalue weighted by Crippen LogP contribution is 2.49. The van der Waals surface area contributed by atoms with Crippen molar-refractivity contribution in [1.29, 1.82) is 0 Å². The standard InChI is InChI=1S/C54H35NS2/c1-3-14-37(15-4-1)42-18-7-8-21-48(42)54-43(38-16-5-2-6-17-38)22-13-23-49(54)55(41-31-33-47-45-20-10-12-25-51(45)57-53(47)35-41)40-29-26-36(27-30-40)39-28-32-46-44-19-9-11-24-50(44)56-52(46)34-39/h1-35H. The third-order valence-electron chi connectivity index (χ3n) is 11.1. The van der Waals surface area contributed by atoms with Crippen molar-refractivity contribution in [3.8, 4) is 44.5 Å². The molecule has 0 saturated heterocycles. The fourth-order valence-electron chi connectivity index (χ4n) is 8.43. The van der Waals surface area contributed by atoms with Crippen molar-refractivity contribution in [2.45, 2.75) is 0 Å². The van der Waals surface area contributed by atoms with Crippen LogP contribution in [0.3, 0.4) is 0 Å². The molecule has 11 aromatic rings. The monoisotopic (exact) mass is 761 g/mol.